The molecular formula is C20H36IN5O2. The average molecular weight is 505 g/mol. The van der Waals surface area contributed by atoms with Gasteiger partial charge in [0.15, 0.2) is 5.96 Å². The molecule has 8 heteroatoms. The first-order valence-electron chi connectivity index (χ1n) is 10.4. The number of piperidine rings is 1. The van der Waals surface area contributed by atoms with E-state index in [2.05, 4.69) is 27.2 Å². The van der Waals surface area contributed by atoms with Crippen molar-refractivity contribution in [1.82, 2.24) is 20.0 Å². The van der Waals surface area contributed by atoms with Crippen molar-refractivity contribution in [3.05, 3.63) is 18.5 Å². The van der Waals surface area contributed by atoms with Crippen LogP contribution in [0, 0.1) is 5.92 Å². The van der Waals surface area contributed by atoms with Crippen molar-refractivity contribution >= 4 is 29.9 Å². The molecule has 0 radical (unpaired) electrons. The van der Waals surface area contributed by atoms with Gasteiger partial charge in [0.1, 0.15) is 0 Å². The number of hydrogen-bond donors (Lipinski definition) is 1. The van der Waals surface area contributed by atoms with E-state index in [9.17, 15) is 0 Å². The number of guanidine groups is 1. The number of ether oxygens (including phenoxy) is 2. The summed E-state index contributed by atoms with van der Waals surface area (Å²) in [5, 5.41) is 7.80. The van der Waals surface area contributed by atoms with E-state index in [4.69, 9.17) is 9.47 Å². The van der Waals surface area contributed by atoms with Gasteiger partial charge in [-0.2, -0.15) is 5.10 Å². The minimum absolute atomic E-state index is 0. The average Bonchev–Trinajstić information content (AvgIpc) is 3.21. The molecule has 1 aromatic rings. The summed E-state index contributed by atoms with van der Waals surface area (Å²) < 4.78 is 13.9. The molecule has 2 atom stereocenters. The lowest BCUT2D eigenvalue weighted by molar-refractivity contribution is -0.0721. The number of aromatic nitrogens is 2. The van der Waals surface area contributed by atoms with Crippen molar-refractivity contribution in [2.24, 2.45) is 10.9 Å². The Hall–Kier alpha value is -0.870. The van der Waals surface area contributed by atoms with Gasteiger partial charge >= 0.3 is 0 Å². The maximum absolute atomic E-state index is 6.12. The summed E-state index contributed by atoms with van der Waals surface area (Å²) in [7, 11) is 1.86. The molecule has 2 saturated heterocycles. The number of rotatable bonds is 7. The third-order valence-electron chi connectivity index (χ3n) is 5.41. The Kier molecular flexibility index (Phi) is 10.6. The molecular weight excluding hydrogens is 469 g/mol. The molecule has 2 unspecified atom stereocenters. The van der Waals surface area contributed by atoms with Gasteiger partial charge in [-0.05, 0) is 44.1 Å². The zero-order valence-electron chi connectivity index (χ0n) is 17.3. The molecule has 1 aromatic heterocycles. The normalized spacial score (nSPS) is 22.6. The van der Waals surface area contributed by atoms with Crippen LogP contribution in [-0.4, -0.2) is 72.7 Å². The third-order valence-corrected chi connectivity index (χ3v) is 5.41. The summed E-state index contributed by atoms with van der Waals surface area (Å²) >= 11 is 0. The predicted octanol–water partition coefficient (Wildman–Crippen LogP) is 2.76. The lowest BCUT2D eigenvalue weighted by Gasteiger charge is -2.35. The fraction of sp³-hybridized carbons (Fsp3) is 0.800. The second-order valence-electron chi connectivity index (χ2n) is 7.77. The van der Waals surface area contributed by atoms with Gasteiger partial charge in [0.05, 0.1) is 18.8 Å². The first-order chi connectivity index (χ1) is 13.2. The number of halogens is 1. The molecule has 0 spiro atoms. The van der Waals surface area contributed by atoms with Gasteiger partial charge in [0.2, 0.25) is 0 Å². The summed E-state index contributed by atoms with van der Waals surface area (Å²) in [6.07, 6.45) is 10.2. The van der Waals surface area contributed by atoms with Crippen LogP contribution >= 0.6 is 24.0 Å². The Morgan fingerprint density at radius 2 is 2.14 bits per heavy atom. The first-order valence-corrected chi connectivity index (χ1v) is 10.4. The minimum atomic E-state index is 0. The van der Waals surface area contributed by atoms with E-state index in [0.29, 0.717) is 18.1 Å². The van der Waals surface area contributed by atoms with Crippen LogP contribution in [0.3, 0.4) is 0 Å². The fourth-order valence-electron chi connectivity index (χ4n) is 3.81. The zero-order valence-corrected chi connectivity index (χ0v) is 19.6. The Labute approximate surface area is 186 Å². The van der Waals surface area contributed by atoms with Crippen molar-refractivity contribution in [2.45, 2.75) is 57.8 Å². The van der Waals surface area contributed by atoms with Crippen LogP contribution in [0.4, 0.5) is 0 Å². The summed E-state index contributed by atoms with van der Waals surface area (Å²) in [5.41, 5.74) is 0. The molecule has 2 aliphatic rings. The molecule has 2 aliphatic heterocycles. The third kappa shape index (κ3) is 7.51. The monoisotopic (exact) mass is 505 g/mol. The van der Waals surface area contributed by atoms with Crippen LogP contribution in [0.5, 0.6) is 0 Å². The molecule has 28 heavy (non-hydrogen) atoms. The second kappa shape index (κ2) is 12.6. The van der Waals surface area contributed by atoms with E-state index in [1.54, 1.807) is 0 Å². The maximum atomic E-state index is 6.12. The molecule has 0 bridgehead atoms. The smallest absolute Gasteiger partial charge is 0.193 e. The molecule has 7 nitrogen and oxygen atoms in total. The largest absolute Gasteiger partial charge is 0.376 e. The fourth-order valence-corrected chi connectivity index (χ4v) is 3.81. The van der Waals surface area contributed by atoms with Crippen molar-refractivity contribution in [3.63, 3.8) is 0 Å². The highest BCUT2D eigenvalue weighted by atomic mass is 127. The standard InChI is InChI=1S/C20H35N5O2.HI/c1-17(15-25-10-5-9-23-25)14-22-20(21-2)24-11-7-18(8-12-24)27-16-19-6-3-4-13-26-19;/h5,9-10,17-19H,3-4,6-8,11-16H2,1-2H3,(H,21,22);1H. The Morgan fingerprint density at radius 1 is 1.32 bits per heavy atom. The highest BCUT2D eigenvalue weighted by Gasteiger charge is 2.24. The summed E-state index contributed by atoms with van der Waals surface area (Å²) in [6, 6.07) is 1.96. The number of nitrogens with zero attached hydrogens (tertiary/aromatic N) is 4. The van der Waals surface area contributed by atoms with Gasteiger partial charge in [-0.25, -0.2) is 0 Å². The summed E-state index contributed by atoms with van der Waals surface area (Å²) in [4.78, 5) is 6.82. The van der Waals surface area contributed by atoms with Crippen LogP contribution in [0.25, 0.3) is 0 Å². The SMILES string of the molecule is CN=C(NCC(C)Cn1cccn1)N1CCC(OCC2CCCCO2)CC1.I. The Balaban J connectivity index is 0.00000280. The van der Waals surface area contributed by atoms with Crippen LogP contribution in [0.15, 0.2) is 23.5 Å². The van der Waals surface area contributed by atoms with Gasteiger partial charge in [-0.1, -0.05) is 6.92 Å². The number of nitrogens with one attached hydrogen (secondary N) is 1. The molecule has 3 heterocycles. The van der Waals surface area contributed by atoms with Crippen LogP contribution in [0.2, 0.25) is 0 Å². The Bertz CT molecular complexity index is 555. The molecule has 160 valence electrons. The van der Waals surface area contributed by atoms with Crippen LogP contribution < -0.4 is 5.32 Å². The van der Waals surface area contributed by atoms with Gasteiger partial charge in [-0.15, -0.1) is 24.0 Å². The van der Waals surface area contributed by atoms with Gasteiger partial charge in [0.25, 0.3) is 0 Å². The molecule has 0 aliphatic carbocycles. The topological polar surface area (TPSA) is 63.9 Å². The number of aliphatic imine (C=N–C) groups is 1. The highest BCUT2D eigenvalue weighted by Crippen LogP contribution is 2.18. The molecule has 0 amide bonds. The molecule has 2 fully saturated rings. The Morgan fingerprint density at radius 3 is 2.79 bits per heavy atom. The molecule has 3 rings (SSSR count). The quantitative estimate of drug-likeness (QED) is 0.351. The van der Waals surface area contributed by atoms with Crippen LogP contribution in [0.1, 0.15) is 39.0 Å². The van der Waals surface area contributed by atoms with Gasteiger partial charge < -0.3 is 19.7 Å². The van der Waals surface area contributed by atoms with Crippen molar-refractivity contribution < 1.29 is 9.47 Å². The van der Waals surface area contributed by atoms with Crippen molar-refractivity contribution in [1.29, 1.82) is 0 Å². The number of likely N-dealkylation sites (tertiary alicyclic amines) is 1. The summed E-state index contributed by atoms with van der Waals surface area (Å²) in [5.74, 6) is 1.48. The van der Waals surface area contributed by atoms with E-state index >= 15 is 0 Å². The lowest BCUT2D eigenvalue weighted by atomic mass is 10.1. The van der Waals surface area contributed by atoms with Crippen molar-refractivity contribution in [3.8, 4) is 0 Å². The van der Waals surface area contributed by atoms with Gasteiger partial charge in [-0.3, -0.25) is 9.67 Å². The van der Waals surface area contributed by atoms with Crippen LogP contribution in [-0.2, 0) is 16.0 Å². The zero-order chi connectivity index (χ0) is 18.9. The second-order valence-corrected chi connectivity index (χ2v) is 7.77. The van der Waals surface area contributed by atoms with E-state index in [0.717, 1.165) is 64.6 Å². The summed E-state index contributed by atoms with van der Waals surface area (Å²) in [6.45, 7) is 7.66. The van der Waals surface area contributed by atoms with E-state index < -0.39 is 0 Å². The molecule has 0 aromatic carbocycles. The molecule has 1 N–H and O–H groups in total. The van der Waals surface area contributed by atoms with Gasteiger partial charge in [0, 0.05) is 52.2 Å². The molecule has 0 saturated carbocycles. The van der Waals surface area contributed by atoms with E-state index in [-0.39, 0.29) is 24.0 Å². The highest BCUT2D eigenvalue weighted by molar-refractivity contribution is 14.0. The first kappa shape index (κ1) is 23.4. The van der Waals surface area contributed by atoms with Crippen molar-refractivity contribution in [2.75, 3.05) is 39.9 Å². The maximum Gasteiger partial charge on any atom is 0.193 e. The predicted molar refractivity (Wildman–Crippen MR) is 122 cm³/mol. The van der Waals surface area contributed by atoms with E-state index in [1.165, 1.54) is 12.8 Å². The van der Waals surface area contributed by atoms with E-state index in [1.807, 2.05) is 30.2 Å². The minimum Gasteiger partial charge on any atom is -0.376 e. The number of hydrogen-bond acceptors (Lipinski definition) is 4. The lowest BCUT2D eigenvalue weighted by Crippen LogP contribution is -2.48.